The van der Waals surface area contributed by atoms with Crippen molar-refractivity contribution in [2.24, 2.45) is 4.99 Å². The molecule has 1 heterocycles. The Bertz CT molecular complexity index is 598. The van der Waals surface area contributed by atoms with E-state index in [2.05, 4.69) is 34.1 Å². The lowest BCUT2D eigenvalue weighted by molar-refractivity contribution is 0.199. The van der Waals surface area contributed by atoms with E-state index < -0.39 is 0 Å². The van der Waals surface area contributed by atoms with Crippen molar-refractivity contribution in [1.29, 1.82) is 0 Å². The van der Waals surface area contributed by atoms with E-state index in [4.69, 9.17) is 10.1 Å². The van der Waals surface area contributed by atoms with Crippen LogP contribution in [0.2, 0.25) is 0 Å². The number of aliphatic hydroxyl groups excluding tert-OH is 1. The highest BCUT2D eigenvalue weighted by atomic mass is 16.3. The first-order valence-electron chi connectivity index (χ1n) is 7.14. The molecule has 0 aromatic heterocycles. The molecule has 1 aliphatic rings. The van der Waals surface area contributed by atoms with Gasteiger partial charge in [0.25, 0.3) is 0 Å². The summed E-state index contributed by atoms with van der Waals surface area (Å²) in [7, 11) is 0. The predicted octanol–water partition coefficient (Wildman–Crippen LogP) is 2.16. The van der Waals surface area contributed by atoms with Gasteiger partial charge in [-0.1, -0.05) is 48.5 Å². The lowest BCUT2D eigenvalue weighted by Gasteiger charge is -2.36. The number of β-amino-alcohol motifs (C(OH)–C–C–N with tert-alkyl or cyclic N) is 1. The Kier molecular flexibility index (Phi) is 4.28. The quantitative estimate of drug-likeness (QED) is 0.933. The van der Waals surface area contributed by atoms with Crippen LogP contribution >= 0.6 is 0 Å². The molecule has 0 atom stereocenters. The normalized spacial score (nSPS) is 15.9. The molecule has 4 nitrogen and oxygen atoms in total. The molecule has 2 aromatic carbocycles. The largest absolute Gasteiger partial charge is 0.395 e. The summed E-state index contributed by atoms with van der Waals surface area (Å²) in [6.07, 6.45) is 0. The number of amidine groups is 1. The fourth-order valence-corrected chi connectivity index (χ4v) is 2.49. The van der Waals surface area contributed by atoms with Crippen LogP contribution in [0.3, 0.4) is 0 Å². The summed E-state index contributed by atoms with van der Waals surface area (Å²) in [6, 6.07) is 20.5. The molecule has 2 aromatic rings. The second-order valence-corrected chi connectivity index (χ2v) is 5.01. The molecular formula is C17H19N3O. The van der Waals surface area contributed by atoms with Crippen LogP contribution in [0.5, 0.6) is 0 Å². The number of rotatable bonds is 4. The summed E-state index contributed by atoms with van der Waals surface area (Å²) in [5, 5.41) is 9.15. The Morgan fingerprint density at radius 2 is 1.62 bits per heavy atom. The smallest absolute Gasteiger partial charge is 0.137 e. The van der Waals surface area contributed by atoms with E-state index >= 15 is 0 Å². The van der Waals surface area contributed by atoms with Crippen molar-refractivity contribution in [1.82, 2.24) is 4.90 Å². The van der Waals surface area contributed by atoms with Gasteiger partial charge in [0.2, 0.25) is 0 Å². The van der Waals surface area contributed by atoms with Crippen LogP contribution in [0.15, 0.2) is 65.7 Å². The van der Waals surface area contributed by atoms with Crippen LogP contribution in [-0.2, 0) is 0 Å². The first kappa shape index (κ1) is 13.8. The minimum Gasteiger partial charge on any atom is -0.395 e. The fraction of sp³-hybridized carbons (Fsp3) is 0.235. The van der Waals surface area contributed by atoms with E-state index in [-0.39, 0.29) is 6.61 Å². The van der Waals surface area contributed by atoms with Gasteiger partial charge in [-0.15, -0.1) is 0 Å². The molecule has 21 heavy (non-hydrogen) atoms. The molecule has 0 amide bonds. The van der Waals surface area contributed by atoms with E-state index in [9.17, 15) is 0 Å². The molecule has 1 aliphatic heterocycles. The number of para-hydroxylation sites is 1. The van der Waals surface area contributed by atoms with Crippen LogP contribution < -0.4 is 4.90 Å². The SMILES string of the molecule is OCCN1CN=C(c2ccccc2)N(c2ccccc2)C1. The minimum absolute atomic E-state index is 0.152. The van der Waals surface area contributed by atoms with Crippen molar-refractivity contribution in [2.75, 3.05) is 31.4 Å². The van der Waals surface area contributed by atoms with Gasteiger partial charge >= 0.3 is 0 Å². The number of aliphatic hydroxyl groups is 1. The maximum absolute atomic E-state index is 9.15. The number of hydrogen-bond donors (Lipinski definition) is 1. The summed E-state index contributed by atoms with van der Waals surface area (Å²) < 4.78 is 0. The standard InChI is InChI=1S/C17H19N3O/c21-12-11-19-13-18-17(15-7-3-1-4-8-15)20(14-19)16-9-5-2-6-10-16/h1-10,21H,11-14H2. The average Bonchev–Trinajstić information content (AvgIpc) is 2.57. The third kappa shape index (κ3) is 3.12. The van der Waals surface area contributed by atoms with Crippen LogP contribution in [0.1, 0.15) is 5.56 Å². The third-order valence-corrected chi connectivity index (χ3v) is 3.53. The first-order chi connectivity index (χ1) is 10.4. The van der Waals surface area contributed by atoms with Crippen molar-refractivity contribution in [3.63, 3.8) is 0 Å². The summed E-state index contributed by atoms with van der Waals surface area (Å²) in [5.74, 6) is 0.982. The van der Waals surface area contributed by atoms with Gasteiger partial charge in [0, 0.05) is 17.8 Å². The van der Waals surface area contributed by atoms with Crippen molar-refractivity contribution >= 4 is 11.5 Å². The third-order valence-electron chi connectivity index (χ3n) is 3.53. The predicted molar refractivity (Wildman–Crippen MR) is 85.4 cm³/mol. The van der Waals surface area contributed by atoms with Gasteiger partial charge in [-0.05, 0) is 12.1 Å². The summed E-state index contributed by atoms with van der Waals surface area (Å²) in [4.78, 5) is 9.03. The van der Waals surface area contributed by atoms with Crippen molar-refractivity contribution in [2.45, 2.75) is 0 Å². The van der Waals surface area contributed by atoms with Crippen molar-refractivity contribution in [3.05, 3.63) is 66.2 Å². The molecule has 0 fully saturated rings. The Labute approximate surface area is 125 Å². The Balaban J connectivity index is 1.95. The van der Waals surface area contributed by atoms with Crippen molar-refractivity contribution < 1.29 is 5.11 Å². The zero-order valence-corrected chi connectivity index (χ0v) is 11.9. The Morgan fingerprint density at radius 3 is 2.29 bits per heavy atom. The molecule has 0 unspecified atom stereocenters. The lowest BCUT2D eigenvalue weighted by atomic mass is 10.1. The fourth-order valence-electron chi connectivity index (χ4n) is 2.49. The highest BCUT2D eigenvalue weighted by Gasteiger charge is 2.22. The molecule has 0 saturated heterocycles. The van der Waals surface area contributed by atoms with E-state index in [0.717, 1.165) is 23.8 Å². The lowest BCUT2D eigenvalue weighted by Crippen LogP contribution is -2.47. The monoisotopic (exact) mass is 281 g/mol. The van der Waals surface area contributed by atoms with Gasteiger partial charge in [0.1, 0.15) is 5.84 Å². The average molecular weight is 281 g/mol. The maximum atomic E-state index is 9.15. The van der Waals surface area contributed by atoms with Gasteiger partial charge in [-0.3, -0.25) is 9.89 Å². The highest BCUT2D eigenvalue weighted by molar-refractivity contribution is 6.10. The molecule has 108 valence electrons. The molecule has 4 heteroatoms. The van der Waals surface area contributed by atoms with Gasteiger partial charge < -0.3 is 10.0 Å². The number of aliphatic imine (C=N–C) groups is 1. The number of benzene rings is 2. The zero-order valence-electron chi connectivity index (χ0n) is 11.9. The number of anilines is 1. The molecule has 3 rings (SSSR count). The highest BCUT2D eigenvalue weighted by Crippen LogP contribution is 2.20. The zero-order chi connectivity index (χ0) is 14.5. The van der Waals surface area contributed by atoms with Gasteiger partial charge in [-0.2, -0.15) is 0 Å². The van der Waals surface area contributed by atoms with Crippen LogP contribution in [0.4, 0.5) is 5.69 Å². The van der Waals surface area contributed by atoms with Crippen LogP contribution in [-0.4, -0.2) is 42.3 Å². The van der Waals surface area contributed by atoms with Crippen LogP contribution in [0, 0.1) is 0 Å². The van der Waals surface area contributed by atoms with E-state index in [0.29, 0.717) is 13.2 Å². The van der Waals surface area contributed by atoms with E-state index in [1.54, 1.807) is 0 Å². The number of hydrogen-bond acceptors (Lipinski definition) is 4. The number of nitrogens with zero attached hydrogens (tertiary/aromatic N) is 3. The Hall–Kier alpha value is -2.17. The molecule has 1 N–H and O–H groups in total. The minimum atomic E-state index is 0.152. The first-order valence-corrected chi connectivity index (χ1v) is 7.14. The summed E-state index contributed by atoms with van der Waals surface area (Å²) in [5.41, 5.74) is 2.23. The van der Waals surface area contributed by atoms with Gasteiger partial charge in [0.05, 0.1) is 19.9 Å². The molecule has 0 bridgehead atoms. The molecular weight excluding hydrogens is 262 g/mol. The van der Waals surface area contributed by atoms with Crippen LogP contribution in [0.25, 0.3) is 0 Å². The van der Waals surface area contributed by atoms with E-state index in [1.165, 1.54) is 0 Å². The molecule has 0 aliphatic carbocycles. The van der Waals surface area contributed by atoms with Gasteiger partial charge in [0.15, 0.2) is 0 Å². The second kappa shape index (κ2) is 6.52. The summed E-state index contributed by atoms with van der Waals surface area (Å²) >= 11 is 0. The molecule has 0 radical (unpaired) electrons. The van der Waals surface area contributed by atoms with Gasteiger partial charge in [-0.25, -0.2) is 0 Å². The summed E-state index contributed by atoms with van der Waals surface area (Å²) in [6.45, 7) is 2.14. The second-order valence-electron chi connectivity index (χ2n) is 5.01. The van der Waals surface area contributed by atoms with E-state index in [1.807, 2.05) is 36.4 Å². The topological polar surface area (TPSA) is 39.1 Å². The molecule has 0 saturated carbocycles. The Morgan fingerprint density at radius 1 is 0.952 bits per heavy atom. The van der Waals surface area contributed by atoms with Crippen molar-refractivity contribution in [3.8, 4) is 0 Å². The maximum Gasteiger partial charge on any atom is 0.137 e. The molecule has 0 spiro atoms.